The number of carboxylic acids is 1. The molecule has 1 aromatic heterocycles. The molecule has 1 amide bonds. The molecule has 0 aliphatic carbocycles. The monoisotopic (exact) mass is 627 g/mol. The number of hydrogen-bond donors (Lipinski definition) is 3. The summed E-state index contributed by atoms with van der Waals surface area (Å²) in [5, 5.41) is 9.89. The Morgan fingerprint density at radius 2 is 1.78 bits per heavy atom. The number of carboxylic acid groups (broad SMARTS) is 1. The molecule has 0 saturated carbocycles. The van der Waals surface area contributed by atoms with E-state index < -0.39 is 30.2 Å². The molecule has 2 atom stereocenters. The number of aromatic nitrogens is 2. The van der Waals surface area contributed by atoms with E-state index in [0.717, 1.165) is 22.5 Å². The average molecular weight is 629 g/mol. The van der Waals surface area contributed by atoms with Crippen molar-refractivity contribution in [1.82, 2.24) is 14.9 Å². The molecule has 1 heterocycles. The van der Waals surface area contributed by atoms with Crippen LogP contribution in [0.1, 0.15) is 39.4 Å². The molecule has 2 unspecified atom stereocenters. The molecule has 232 valence electrons. The molecule has 0 fully saturated rings. The molecule has 4 N–H and O–H groups in total. The maximum absolute atomic E-state index is 12.7. The number of alkyl halides is 5. The highest BCUT2D eigenvalue weighted by Gasteiger charge is 2.38. The predicted octanol–water partition coefficient (Wildman–Crippen LogP) is 3.84. The third-order valence-electron chi connectivity index (χ3n) is 5.88. The normalized spacial score (nSPS) is 12.9. The quantitative estimate of drug-likeness (QED) is 0.212. The summed E-state index contributed by atoms with van der Waals surface area (Å²) in [4.78, 5) is 40.7. The van der Waals surface area contributed by atoms with Gasteiger partial charge in [0.25, 0.3) is 0 Å². The Hall–Kier alpha value is -2.77. The summed E-state index contributed by atoms with van der Waals surface area (Å²) in [6.45, 7) is 7.38. The number of nitrogens with one attached hydrogen (secondary N) is 1. The summed E-state index contributed by atoms with van der Waals surface area (Å²) in [7, 11) is 1.95. The van der Waals surface area contributed by atoms with Gasteiger partial charge >= 0.3 is 18.1 Å². The molecule has 2 aromatic rings. The lowest BCUT2D eigenvalue weighted by atomic mass is 10.0. The third-order valence-corrected chi connectivity index (χ3v) is 6.22. The first kappa shape index (κ1) is 36.3. The highest BCUT2D eigenvalue weighted by atomic mass is 35.5. The number of aliphatic carboxylic acids is 1. The number of fused-ring (bicyclic) bond motifs is 1. The van der Waals surface area contributed by atoms with Crippen LogP contribution < -0.4 is 16.0 Å². The number of carbonyl (C=O) groups is 3. The van der Waals surface area contributed by atoms with Gasteiger partial charge in [0.2, 0.25) is 5.91 Å². The van der Waals surface area contributed by atoms with Crippen LogP contribution in [0, 0.1) is 5.92 Å². The molecule has 15 heteroatoms. The zero-order valence-corrected chi connectivity index (χ0v) is 25.0. The standard InChI is InChI=1S/C24H37Cl2N5O3.C2HF3O2/c1-5-34-24(33)20(14-16(2)3)29-23(32)18(27)7-9-22-28-19-15-17(6-8-21(19)30(22)4)31(12-10-25)13-11-26;3-2(4,5)1(6)7/h6,8,15-16,18,20H,5,7,9-14,27H2,1-4H3,(H,29,32);(H,6,7). The molecule has 1 aromatic carbocycles. The van der Waals surface area contributed by atoms with E-state index in [1.807, 2.05) is 43.7 Å². The second-order valence-electron chi connectivity index (χ2n) is 9.52. The van der Waals surface area contributed by atoms with Crippen LogP contribution >= 0.6 is 23.2 Å². The molecule has 0 radical (unpaired) electrons. The number of anilines is 1. The number of aryl methyl sites for hydroxylation is 2. The molecule has 0 spiro atoms. The maximum Gasteiger partial charge on any atom is 0.490 e. The van der Waals surface area contributed by atoms with Gasteiger partial charge in [-0.2, -0.15) is 13.2 Å². The van der Waals surface area contributed by atoms with Gasteiger partial charge in [0.05, 0.1) is 23.7 Å². The summed E-state index contributed by atoms with van der Waals surface area (Å²) in [6, 6.07) is 4.63. The molecule has 0 bridgehead atoms. The van der Waals surface area contributed by atoms with Crippen LogP contribution in [0.3, 0.4) is 0 Å². The molecule has 10 nitrogen and oxygen atoms in total. The number of carbonyl (C=O) groups excluding carboxylic acids is 2. The van der Waals surface area contributed by atoms with E-state index in [4.69, 9.17) is 48.6 Å². The summed E-state index contributed by atoms with van der Waals surface area (Å²) >= 11 is 11.9. The Bertz CT molecular complexity index is 1140. The van der Waals surface area contributed by atoms with Gasteiger partial charge in [0.15, 0.2) is 0 Å². The predicted molar refractivity (Wildman–Crippen MR) is 152 cm³/mol. The van der Waals surface area contributed by atoms with Crippen LogP contribution in [0.25, 0.3) is 11.0 Å². The number of imidazole rings is 1. The Morgan fingerprint density at radius 1 is 1.20 bits per heavy atom. The van der Waals surface area contributed by atoms with Crippen LogP contribution in [-0.4, -0.2) is 82.2 Å². The van der Waals surface area contributed by atoms with E-state index in [-0.39, 0.29) is 18.4 Å². The lowest BCUT2D eigenvalue weighted by Gasteiger charge is -2.22. The molecule has 0 aliphatic rings. The molecule has 0 saturated heterocycles. The zero-order chi connectivity index (χ0) is 31.3. The maximum atomic E-state index is 12.7. The Kier molecular flexibility index (Phi) is 15.3. The minimum absolute atomic E-state index is 0.223. The van der Waals surface area contributed by atoms with Gasteiger partial charge in [0.1, 0.15) is 11.9 Å². The largest absolute Gasteiger partial charge is 0.490 e. The third kappa shape index (κ3) is 11.9. The van der Waals surface area contributed by atoms with E-state index in [2.05, 4.69) is 10.2 Å². The topological polar surface area (TPSA) is 140 Å². The van der Waals surface area contributed by atoms with Gasteiger partial charge in [0, 0.05) is 44.0 Å². The fraction of sp³-hybridized carbons (Fsp3) is 0.615. The Morgan fingerprint density at radius 3 is 2.27 bits per heavy atom. The molecule has 41 heavy (non-hydrogen) atoms. The number of rotatable bonds is 14. The smallest absolute Gasteiger partial charge is 0.475 e. The molecule has 0 aliphatic heterocycles. The van der Waals surface area contributed by atoms with Crippen LogP contribution in [0.15, 0.2) is 18.2 Å². The number of halogens is 5. The van der Waals surface area contributed by atoms with Crippen molar-refractivity contribution in [2.45, 2.75) is 58.3 Å². The molecular formula is C26H38Cl2F3N5O5. The van der Waals surface area contributed by atoms with Crippen molar-refractivity contribution in [3.63, 3.8) is 0 Å². The summed E-state index contributed by atoms with van der Waals surface area (Å²) in [6.07, 6.45) is -3.66. The first-order chi connectivity index (χ1) is 19.2. The van der Waals surface area contributed by atoms with Crippen molar-refractivity contribution >= 4 is 57.8 Å². The van der Waals surface area contributed by atoms with Gasteiger partial charge in [-0.1, -0.05) is 13.8 Å². The summed E-state index contributed by atoms with van der Waals surface area (Å²) in [5.74, 6) is -1.47. The van der Waals surface area contributed by atoms with E-state index in [0.29, 0.717) is 44.1 Å². The fourth-order valence-electron chi connectivity index (χ4n) is 3.86. The van der Waals surface area contributed by atoms with E-state index in [1.165, 1.54) is 0 Å². The fourth-order valence-corrected chi connectivity index (χ4v) is 4.26. The Balaban J connectivity index is 0.00000106. The summed E-state index contributed by atoms with van der Waals surface area (Å²) < 4.78 is 38.8. The number of ether oxygens (including phenoxy) is 1. The van der Waals surface area contributed by atoms with Crippen molar-refractivity contribution in [3.05, 3.63) is 24.0 Å². The van der Waals surface area contributed by atoms with Gasteiger partial charge in [-0.15, -0.1) is 23.2 Å². The second-order valence-corrected chi connectivity index (χ2v) is 10.3. The van der Waals surface area contributed by atoms with Gasteiger partial charge in [-0.3, -0.25) is 4.79 Å². The lowest BCUT2D eigenvalue weighted by molar-refractivity contribution is -0.192. The van der Waals surface area contributed by atoms with Crippen molar-refractivity contribution in [3.8, 4) is 0 Å². The molecule has 2 rings (SSSR count). The van der Waals surface area contributed by atoms with Gasteiger partial charge < -0.3 is 30.4 Å². The van der Waals surface area contributed by atoms with Crippen LogP contribution in [0.5, 0.6) is 0 Å². The minimum Gasteiger partial charge on any atom is -0.475 e. The number of esters is 1. The van der Waals surface area contributed by atoms with E-state index in [1.54, 1.807) is 6.92 Å². The van der Waals surface area contributed by atoms with Gasteiger partial charge in [-0.05, 0) is 43.9 Å². The number of hydrogen-bond acceptors (Lipinski definition) is 7. The number of nitrogens with two attached hydrogens (primary N) is 1. The first-order valence-corrected chi connectivity index (χ1v) is 14.1. The highest BCUT2D eigenvalue weighted by Crippen LogP contribution is 2.23. The molecular weight excluding hydrogens is 590 g/mol. The average Bonchev–Trinajstić information content (AvgIpc) is 3.20. The van der Waals surface area contributed by atoms with E-state index >= 15 is 0 Å². The summed E-state index contributed by atoms with van der Waals surface area (Å²) in [5.41, 5.74) is 9.03. The zero-order valence-electron chi connectivity index (χ0n) is 23.5. The van der Waals surface area contributed by atoms with Crippen LogP contribution in [0.4, 0.5) is 18.9 Å². The van der Waals surface area contributed by atoms with Gasteiger partial charge in [-0.25, -0.2) is 14.6 Å². The Labute approximate surface area is 247 Å². The van der Waals surface area contributed by atoms with Crippen molar-refractivity contribution in [1.29, 1.82) is 0 Å². The van der Waals surface area contributed by atoms with Crippen molar-refractivity contribution in [2.75, 3.05) is 36.4 Å². The number of benzene rings is 1. The van der Waals surface area contributed by atoms with Crippen LogP contribution in [-0.2, 0) is 32.6 Å². The second kappa shape index (κ2) is 17.2. The van der Waals surface area contributed by atoms with Crippen LogP contribution in [0.2, 0.25) is 0 Å². The van der Waals surface area contributed by atoms with E-state index in [9.17, 15) is 22.8 Å². The van der Waals surface area contributed by atoms with Crippen molar-refractivity contribution < 1.29 is 37.4 Å². The highest BCUT2D eigenvalue weighted by molar-refractivity contribution is 6.18. The SMILES string of the molecule is CCOC(=O)C(CC(C)C)NC(=O)C(N)CCc1nc2cc(N(CCCl)CCCl)ccc2n1C.O=C(O)C(F)(F)F. The lowest BCUT2D eigenvalue weighted by Crippen LogP contribution is -2.49. The first-order valence-electron chi connectivity index (χ1n) is 13.0. The minimum atomic E-state index is -5.08. The number of amides is 1. The van der Waals surface area contributed by atoms with Crippen molar-refractivity contribution in [2.24, 2.45) is 18.7 Å². The number of nitrogens with zero attached hydrogens (tertiary/aromatic N) is 3.